The molecule has 0 aliphatic carbocycles. The molecule has 0 spiro atoms. The predicted octanol–water partition coefficient (Wildman–Crippen LogP) is 2.00. The van der Waals surface area contributed by atoms with Crippen LogP contribution in [0, 0.1) is 16.7 Å². The van der Waals surface area contributed by atoms with E-state index in [1.165, 1.54) is 0 Å². The van der Waals surface area contributed by atoms with Gasteiger partial charge in [0.1, 0.15) is 0 Å². The van der Waals surface area contributed by atoms with Gasteiger partial charge in [-0.25, -0.2) is 0 Å². The lowest BCUT2D eigenvalue weighted by molar-refractivity contribution is 0.132. The zero-order valence-corrected chi connectivity index (χ0v) is 10.3. The van der Waals surface area contributed by atoms with Crippen LogP contribution < -0.4 is 5.73 Å². The molecule has 0 aliphatic heterocycles. The molecule has 1 aromatic rings. The van der Waals surface area contributed by atoms with Gasteiger partial charge in [0.25, 0.3) is 0 Å². The molecule has 88 valence electrons. The van der Waals surface area contributed by atoms with Crippen LogP contribution >= 0.6 is 12.4 Å². The molecular weight excluding hydrogens is 224 g/mol. The predicted molar refractivity (Wildman–Crippen MR) is 66.2 cm³/mol. The molecule has 0 aromatic heterocycles. The highest BCUT2D eigenvalue weighted by Gasteiger charge is 2.26. The molecule has 0 amide bonds. The maximum absolute atomic E-state index is 9.19. The van der Waals surface area contributed by atoms with Crippen LogP contribution in [0.25, 0.3) is 0 Å². The maximum Gasteiger partial charge on any atom is 0.0991 e. The van der Waals surface area contributed by atoms with Crippen LogP contribution in [-0.2, 0) is 0 Å². The van der Waals surface area contributed by atoms with Gasteiger partial charge in [-0.2, -0.15) is 5.26 Å². The number of nitrogens with two attached hydrogens (primary N) is 1. The fourth-order valence-electron chi connectivity index (χ4n) is 1.31. The first kappa shape index (κ1) is 14.9. The highest BCUT2D eigenvalue weighted by Crippen LogP contribution is 2.30. The number of aliphatic hydroxyl groups is 1. The third kappa shape index (κ3) is 3.21. The Morgan fingerprint density at radius 1 is 1.38 bits per heavy atom. The van der Waals surface area contributed by atoms with Crippen molar-refractivity contribution in [1.82, 2.24) is 0 Å². The van der Waals surface area contributed by atoms with Crippen molar-refractivity contribution >= 4 is 12.4 Å². The van der Waals surface area contributed by atoms with Crippen molar-refractivity contribution in [2.75, 3.05) is 6.61 Å². The SMILES string of the molecule is CC(C)(CO)[C@@H](N)c1ccc(C#N)cc1.Cl. The molecule has 3 N–H and O–H groups in total. The van der Waals surface area contributed by atoms with Crippen molar-refractivity contribution < 1.29 is 5.11 Å². The van der Waals surface area contributed by atoms with Gasteiger partial charge in [0.15, 0.2) is 0 Å². The minimum Gasteiger partial charge on any atom is -0.396 e. The Hall–Kier alpha value is -1.08. The fraction of sp³-hybridized carbons (Fsp3) is 0.417. The normalized spacial score (nSPS) is 12.4. The van der Waals surface area contributed by atoms with E-state index in [4.69, 9.17) is 11.0 Å². The van der Waals surface area contributed by atoms with Gasteiger partial charge in [0.2, 0.25) is 0 Å². The van der Waals surface area contributed by atoms with E-state index >= 15 is 0 Å². The Kier molecular flexibility index (Phi) is 5.46. The smallest absolute Gasteiger partial charge is 0.0991 e. The van der Waals surface area contributed by atoms with Crippen molar-refractivity contribution in [3.63, 3.8) is 0 Å². The molecule has 0 bridgehead atoms. The summed E-state index contributed by atoms with van der Waals surface area (Å²) in [5.74, 6) is 0. The van der Waals surface area contributed by atoms with Crippen molar-refractivity contribution in [3.8, 4) is 6.07 Å². The van der Waals surface area contributed by atoms with E-state index < -0.39 is 0 Å². The number of nitrogens with zero attached hydrogens (tertiary/aromatic N) is 1. The molecule has 1 rings (SSSR count). The van der Waals surface area contributed by atoms with E-state index in [1.54, 1.807) is 12.1 Å². The topological polar surface area (TPSA) is 70.0 Å². The molecule has 0 radical (unpaired) electrons. The zero-order valence-electron chi connectivity index (χ0n) is 9.47. The van der Waals surface area contributed by atoms with E-state index in [1.807, 2.05) is 26.0 Å². The van der Waals surface area contributed by atoms with Gasteiger partial charge < -0.3 is 10.8 Å². The third-order valence-electron chi connectivity index (χ3n) is 2.65. The van der Waals surface area contributed by atoms with Crippen molar-refractivity contribution in [2.24, 2.45) is 11.1 Å². The lowest BCUT2D eigenvalue weighted by Crippen LogP contribution is -2.32. The van der Waals surface area contributed by atoms with Crippen LogP contribution in [0.4, 0.5) is 0 Å². The summed E-state index contributed by atoms with van der Waals surface area (Å²) in [6, 6.07) is 8.97. The van der Waals surface area contributed by atoms with E-state index in [-0.39, 0.29) is 30.5 Å². The third-order valence-corrected chi connectivity index (χ3v) is 2.65. The number of halogens is 1. The molecule has 3 nitrogen and oxygen atoms in total. The van der Waals surface area contributed by atoms with E-state index in [0.717, 1.165) is 5.56 Å². The highest BCUT2D eigenvalue weighted by atomic mass is 35.5. The first-order valence-electron chi connectivity index (χ1n) is 4.88. The minimum absolute atomic E-state index is 0. The lowest BCUT2D eigenvalue weighted by atomic mass is 9.82. The number of hydrogen-bond acceptors (Lipinski definition) is 3. The summed E-state index contributed by atoms with van der Waals surface area (Å²) in [5, 5.41) is 17.8. The Labute approximate surface area is 102 Å². The molecule has 0 fully saturated rings. The number of rotatable bonds is 3. The van der Waals surface area contributed by atoms with Gasteiger partial charge in [-0.3, -0.25) is 0 Å². The Morgan fingerprint density at radius 3 is 2.25 bits per heavy atom. The average molecular weight is 241 g/mol. The summed E-state index contributed by atoms with van der Waals surface area (Å²) in [7, 11) is 0. The molecule has 1 aromatic carbocycles. The van der Waals surface area contributed by atoms with Gasteiger partial charge in [-0.1, -0.05) is 26.0 Å². The summed E-state index contributed by atoms with van der Waals surface area (Å²) in [6.45, 7) is 3.86. The van der Waals surface area contributed by atoms with Gasteiger partial charge in [0, 0.05) is 18.1 Å². The van der Waals surface area contributed by atoms with Crippen molar-refractivity contribution in [3.05, 3.63) is 35.4 Å². The minimum atomic E-state index is -0.353. The number of aliphatic hydroxyl groups excluding tert-OH is 1. The standard InChI is InChI=1S/C12H16N2O.ClH/c1-12(2,8-15)11(14)10-5-3-9(7-13)4-6-10;/h3-6,11,15H,8,14H2,1-2H3;1H/t11-;/m0./s1. The first-order chi connectivity index (χ1) is 7.01. The monoisotopic (exact) mass is 240 g/mol. The van der Waals surface area contributed by atoms with Crippen LogP contribution in [0.2, 0.25) is 0 Å². The summed E-state index contributed by atoms with van der Waals surface area (Å²) in [5.41, 5.74) is 7.24. The molecule has 0 aliphatic rings. The quantitative estimate of drug-likeness (QED) is 0.849. The van der Waals surface area contributed by atoms with Gasteiger partial charge in [0.05, 0.1) is 11.6 Å². The summed E-state index contributed by atoms with van der Waals surface area (Å²) in [4.78, 5) is 0. The molecule has 4 heteroatoms. The van der Waals surface area contributed by atoms with Crippen LogP contribution in [0.5, 0.6) is 0 Å². The largest absolute Gasteiger partial charge is 0.396 e. The maximum atomic E-state index is 9.19. The molecule has 0 saturated heterocycles. The number of hydrogen-bond donors (Lipinski definition) is 2. The summed E-state index contributed by atoms with van der Waals surface area (Å²) in [6.07, 6.45) is 0. The van der Waals surface area contributed by atoms with Crippen molar-refractivity contribution in [1.29, 1.82) is 5.26 Å². The Bertz CT molecular complexity index is 368. The van der Waals surface area contributed by atoms with Gasteiger partial charge in [-0.05, 0) is 17.7 Å². The second-order valence-corrected chi connectivity index (χ2v) is 4.36. The van der Waals surface area contributed by atoms with Crippen LogP contribution in [-0.4, -0.2) is 11.7 Å². The Balaban J connectivity index is 0.00000225. The number of nitriles is 1. The van der Waals surface area contributed by atoms with Gasteiger partial charge >= 0.3 is 0 Å². The van der Waals surface area contributed by atoms with Crippen molar-refractivity contribution in [2.45, 2.75) is 19.9 Å². The van der Waals surface area contributed by atoms with Crippen LogP contribution in [0.15, 0.2) is 24.3 Å². The first-order valence-corrected chi connectivity index (χ1v) is 4.88. The number of benzene rings is 1. The molecular formula is C12H17ClN2O. The second-order valence-electron chi connectivity index (χ2n) is 4.36. The molecule has 0 unspecified atom stereocenters. The lowest BCUT2D eigenvalue weighted by Gasteiger charge is -2.29. The Morgan fingerprint density at radius 2 is 1.88 bits per heavy atom. The molecule has 1 atom stereocenters. The van der Waals surface area contributed by atoms with E-state index in [2.05, 4.69) is 6.07 Å². The zero-order chi connectivity index (χ0) is 11.5. The van der Waals surface area contributed by atoms with Gasteiger partial charge in [-0.15, -0.1) is 12.4 Å². The molecule has 0 saturated carbocycles. The molecule has 0 heterocycles. The highest BCUT2D eigenvalue weighted by molar-refractivity contribution is 5.85. The van der Waals surface area contributed by atoms with Crippen LogP contribution in [0.1, 0.15) is 31.0 Å². The van der Waals surface area contributed by atoms with E-state index in [0.29, 0.717) is 5.56 Å². The summed E-state index contributed by atoms with van der Waals surface area (Å²) >= 11 is 0. The van der Waals surface area contributed by atoms with Crippen LogP contribution in [0.3, 0.4) is 0 Å². The second kappa shape index (κ2) is 5.86. The average Bonchev–Trinajstić information content (AvgIpc) is 2.28. The fourth-order valence-corrected chi connectivity index (χ4v) is 1.31. The van der Waals surface area contributed by atoms with E-state index in [9.17, 15) is 5.11 Å². The molecule has 16 heavy (non-hydrogen) atoms. The summed E-state index contributed by atoms with van der Waals surface area (Å²) < 4.78 is 0.